The fraction of sp³-hybridized carbons (Fsp3) is 0.300. The molecule has 25 heavy (non-hydrogen) atoms. The smallest absolute Gasteiger partial charge is 0.299 e. The number of benzene rings is 2. The molecule has 3 rings (SSSR count). The van der Waals surface area contributed by atoms with Crippen molar-refractivity contribution in [3.8, 4) is 5.75 Å². The van der Waals surface area contributed by atoms with Crippen molar-refractivity contribution in [2.75, 3.05) is 18.1 Å². The monoisotopic (exact) mass is 357 g/mol. The van der Waals surface area contributed by atoms with E-state index in [2.05, 4.69) is 13.0 Å². The Bertz CT molecular complexity index is 832. The van der Waals surface area contributed by atoms with Gasteiger partial charge in [0.05, 0.1) is 22.9 Å². The van der Waals surface area contributed by atoms with Crippen molar-refractivity contribution in [2.24, 2.45) is 0 Å². The van der Waals surface area contributed by atoms with E-state index in [0.717, 1.165) is 24.2 Å². The number of anilines is 1. The van der Waals surface area contributed by atoms with E-state index < -0.39 is 11.7 Å². The van der Waals surface area contributed by atoms with Crippen LogP contribution in [0.3, 0.4) is 0 Å². The van der Waals surface area contributed by atoms with Crippen molar-refractivity contribution < 1.29 is 14.3 Å². The molecule has 0 fully saturated rings. The van der Waals surface area contributed by atoms with Crippen LogP contribution < -0.4 is 9.64 Å². The lowest BCUT2D eigenvalue weighted by molar-refractivity contribution is -0.114. The van der Waals surface area contributed by atoms with Crippen LogP contribution in [0.15, 0.2) is 36.4 Å². The molecule has 0 saturated carbocycles. The summed E-state index contributed by atoms with van der Waals surface area (Å²) in [7, 11) is 0. The van der Waals surface area contributed by atoms with Crippen molar-refractivity contribution in [3.05, 3.63) is 58.1 Å². The van der Waals surface area contributed by atoms with Crippen molar-refractivity contribution >= 4 is 29.0 Å². The fourth-order valence-corrected chi connectivity index (χ4v) is 3.24. The van der Waals surface area contributed by atoms with Gasteiger partial charge in [-0.05, 0) is 56.0 Å². The number of amides is 1. The van der Waals surface area contributed by atoms with E-state index in [0.29, 0.717) is 29.4 Å². The van der Waals surface area contributed by atoms with Crippen LogP contribution in [-0.2, 0) is 4.79 Å². The van der Waals surface area contributed by atoms with E-state index in [1.54, 1.807) is 18.2 Å². The van der Waals surface area contributed by atoms with Crippen LogP contribution >= 0.6 is 11.6 Å². The average molecular weight is 358 g/mol. The summed E-state index contributed by atoms with van der Waals surface area (Å²) in [4.78, 5) is 25.7. The van der Waals surface area contributed by atoms with Crippen LogP contribution in [-0.4, -0.2) is 24.8 Å². The average Bonchev–Trinajstić information content (AvgIpc) is 2.84. The number of hydrogen-bond acceptors (Lipinski definition) is 3. The Morgan fingerprint density at radius 2 is 1.80 bits per heavy atom. The third-order valence-electron chi connectivity index (χ3n) is 4.53. The number of nitrogens with zero attached hydrogens (tertiary/aromatic N) is 1. The minimum Gasteiger partial charge on any atom is -0.493 e. The highest BCUT2D eigenvalue weighted by atomic mass is 35.5. The first kappa shape index (κ1) is 17.5. The molecule has 2 aromatic carbocycles. The van der Waals surface area contributed by atoms with Gasteiger partial charge in [-0.15, -0.1) is 0 Å². The number of Topliss-reactive ketones (excluding diaryl/α,β-unsaturated/α-hetero) is 1. The molecule has 1 aliphatic rings. The zero-order valence-corrected chi connectivity index (χ0v) is 15.1. The first-order valence-corrected chi connectivity index (χ1v) is 8.72. The zero-order valence-electron chi connectivity index (χ0n) is 14.3. The second-order valence-electron chi connectivity index (χ2n) is 6.18. The maximum atomic E-state index is 12.2. The molecule has 2 aromatic rings. The molecular weight excluding hydrogens is 338 g/mol. The number of unbranched alkanes of at least 4 members (excludes halogenated alkanes) is 1. The van der Waals surface area contributed by atoms with Gasteiger partial charge < -0.3 is 9.64 Å². The van der Waals surface area contributed by atoms with Gasteiger partial charge >= 0.3 is 0 Å². The Morgan fingerprint density at radius 3 is 2.60 bits per heavy atom. The number of hydrogen-bond donors (Lipinski definition) is 0. The van der Waals surface area contributed by atoms with E-state index in [9.17, 15) is 9.59 Å². The van der Waals surface area contributed by atoms with E-state index in [1.165, 1.54) is 10.5 Å². The van der Waals surface area contributed by atoms with Crippen LogP contribution in [0.1, 0.15) is 34.3 Å². The number of carbonyl (C=O) groups excluding carboxylic acids is 2. The lowest BCUT2D eigenvalue weighted by Gasteiger charge is -2.17. The number of para-hydroxylation sites is 1. The number of halogens is 1. The largest absolute Gasteiger partial charge is 0.493 e. The lowest BCUT2D eigenvalue weighted by Crippen LogP contribution is -2.31. The predicted molar refractivity (Wildman–Crippen MR) is 98.8 cm³/mol. The molecule has 0 atom stereocenters. The quantitative estimate of drug-likeness (QED) is 0.570. The number of ether oxygens (including phenoxy) is 1. The number of fused-ring (bicyclic) bond motifs is 1. The minimum atomic E-state index is -0.501. The number of rotatable bonds is 6. The van der Waals surface area contributed by atoms with Gasteiger partial charge in [0.15, 0.2) is 0 Å². The molecule has 0 aromatic heterocycles. The van der Waals surface area contributed by atoms with Crippen LogP contribution in [0, 0.1) is 13.8 Å². The normalized spacial score (nSPS) is 13.3. The molecule has 5 heteroatoms. The van der Waals surface area contributed by atoms with Crippen LogP contribution in [0.2, 0.25) is 5.02 Å². The van der Waals surface area contributed by atoms with Crippen molar-refractivity contribution in [1.29, 1.82) is 0 Å². The summed E-state index contributed by atoms with van der Waals surface area (Å²) in [6.07, 6.45) is 1.51. The SMILES string of the molecule is Cc1cccc(OCCCCN2C(=O)C(=O)c3cccc(Cl)c32)c1C. The molecule has 130 valence electrons. The highest BCUT2D eigenvalue weighted by Gasteiger charge is 2.36. The molecule has 0 unspecified atom stereocenters. The highest BCUT2D eigenvalue weighted by molar-refractivity contribution is 6.54. The maximum Gasteiger partial charge on any atom is 0.299 e. The van der Waals surface area contributed by atoms with Gasteiger partial charge in [0, 0.05) is 6.54 Å². The molecule has 1 amide bonds. The van der Waals surface area contributed by atoms with Gasteiger partial charge in [-0.2, -0.15) is 0 Å². The first-order valence-electron chi connectivity index (χ1n) is 8.34. The third kappa shape index (κ3) is 3.40. The number of aryl methyl sites for hydroxylation is 1. The van der Waals surface area contributed by atoms with Gasteiger partial charge in [0.2, 0.25) is 0 Å². The molecule has 0 spiro atoms. The van der Waals surface area contributed by atoms with E-state index in [1.807, 2.05) is 19.1 Å². The Labute approximate surface area is 152 Å². The molecule has 0 N–H and O–H groups in total. The van der Waals surface area contributed by atoms with E-state index in [-0.39, 0.29) is 0 Å². The van der Waals surface area contributed by atoms with Gasteiger partial charge in [0.1, 0.15) is 5.75 Å². The van der Waals surface area contributed by atoms with Crippen molar-refractivity contribution in [1.82, 2.24) is 0 Å². The van der Waals surface area contributed by atoms with Crippen molar-refractivity contribution in [2.45, 2.75) is 26.7 Å². The molecule has 0 bridgehead atoms. The summed E-state index contributed by atoms with van der Waals surface area (Å²) in [5, 5.41) is 0.434. The molecular formula is C20H20ClNO3. The molecule has 0 saturated heterocycles. The lowest BCUT2D eigenvalue weighted by atomic mass is 10.1. The number of ketones is 1. The van der Waals surface area contributed by atoms with Crippen LogP contribution in [0.4, 0.5) is 5.69 Å². The fourth-order valence-electron chi connectivity index (χ4n) is 2.96. The summed E-state index contributed by atoms with van der Waals surface area (Å²) in [5.74, 6) is -0.0940. The van der Waals surface area contributed by atoms with Gasteiger partial charge in [-0.3, -0.25) is 9.59 Å². The Morgan fingerprint density at radius 1 is 1.04 bits per heavy atom. The Balaban J connectivity index is 1.56. The second-order valence-corrected chi connectivity index (χ2v) is 6.58. The Hall–Kier alpha value is -2.33. The van der Waals surface area contributed by atoms with Crippen LogP contribution in [0.5, 0.6) is 5.75 Å². The summed E-state index contributed by atoms with van der Waals surface area (Å²) in [5.41, 5.74) is 3.27. The van der Waals surface area contributed by atoms with Gasteiger partial charge in [0.25, 0.3) is 11.7 Å². The zero-order chi connectivity index (χ0) is 18.0. The minimum absolute atomic E-state index is 0.393. The second kappa shape index (κ2) is 7.28. The van der Waals surface area contributed by atoms with E-state index in [4.69, 9.17) is 16.3 Å². The summed E-state index contributed by atoms with van der Waals surface area (Å²) in [6.45, 7) is 5.12. The summed E-state index contributed by atoms with van der Waals surface area (Å²) < 4.78 is 5.83. The van der Waals surface area contributed by atoms with Gasteiger partial charge in [-0.1, -0.05) is 29.8 Å². The van der Waals surface area contributed by atoms with E-state index >= 15 is 0 Å². The summed E-state index contributed by atoms with van der Waals surface area (Å²) >= 11 is 6.18. The van der Waals surface area contributed by atoms with Crippen LogP contribution in [0.25, 0.3) is 0 Å². The standard InChI is InChI=1S/C20H20ClNO3/c1-13-7-5-10-17(14(13)2)25-12-4-3-11-22-18-15(19(23)20(22)24)8-6-9-16(18)21/h5-10H,3-4,11-12H2,1-2H3. The molecule has 4 nitrogen and oxygen atoms in total. The molecule has 1 aliphatic heterocycles. The predicted octanol–water partition coefficient (Wildman–Crippen LogP) is 4.35. The molecule has 1 heterocycles. The van der Waals surface area contributed by atoms with Crippen molar-refractivity contribution in [3.63, 3.8) is 0 Å². The topological polar surface area (TPSA) is 46.6 Å². The maximum absolute atomic E-state index is 12.2. The third-order valence-corrected chi connectivity index (χ3v) is 4.83. The number of carbonyl (C=O) groups is 2. The molecule has 0 aliphatic carbocycles. The molecule has 0 radical (unpaired) electrons. The highest BCUT2D eigenvalue weighted by Crippen LogP contribution is 2.35. The van der Waals surface area contributed by atoms with Gasteiger partial charge in [-0.25, -0.2) is 0 Å². The first-order chi connectivity index (χ1) is 12.0. The summed E-state index contributed by atoms with van der Waals surface area (Å²) in [6, 6.07) is 11.0. The Kier molecular flexibility index (Phi) is 5.09.